The van der Waals surface area contributed by atoms with E-state index in [9.17, 15) is 9.59 Å². The molecule has 1 N–H and O–H groups in total. The monoisotopic (exact) mass is 342 g/mol. The van der Waals surface area contributed by atoms with Crippen LogP contribution in [-0.4, -0.2) is 30.8 Å². The van der Waals surface area contributed by atoms with E-state index in [0.717, 1.165) is 24.0 Å². The van der Waals surface area contributed by atoms with E-state index in [2.05, 4.69) is 5.32 Å². The molecule has 0 spiro atoms. The van der Waals surface area contributed by atoms with Crippen LogP contribution in [0.2, 0.25) is 0 Å². The fraction of sp³-hybridized carbons (Fsp3) is 0.368. The number of rotatable bonds is 4. The molecule has 2 aromatic rings. The van der Waals surface area contributed by atoms with Gasteiger partial charge in [0.25, 0.3) is 11.8 Å². The van der Waals surface area contributed by atoms with Gasteiger partial charge in [-0.15, -0.1) is 11.3 Å². The van der Waals surface area contributed by atoms with Crippen LogP contribution in [0.3, 0.4) is 0 Å². The molecule has 2 amide bonds. The van der Waals surface area contributed by atoms with Gasteiger partial charge < -0.3 is 10.2 Å². The number of thiophene rings is 1. The van der Waals surface area contributed by atoms with Gasteiger partial charge in [-0.1, -0.05) is 12.1 Å². The summed E-state index contributed by atoms with van der Waals surface area (Å²) in [6.45, 7) is 0.472. The fourth-order valence-electron chi connectivity index (χ4n) is 2.99. The molecule has 3 rings (SSSR count). The first-order chi connectivity index (χ1) is 11.6. The highest BCUT2D eigenvalue weighted by Gasteiger charge is 2.19. The molecule has 0 aliphatic heterocycles. The third-order valence-corrected chi connectivity index (χ3v) is 5.45. The lowest BCUT2D eigenvalue weighted by atomic mass is 9.95. The van der Waals surface area contributed by atoms with E-state index in [4.69, 9.17) is 0 Å². The Kier molecular flexibility index (Phi) is 5.00. The molecular weight excluding hydrogens is 320 g/mol. The van der Waals surface area contributed by atoms with Gasteiger partial charge >= 0.3 is 0 Å². The fourth-order valence-corrected chi connectivity index (χ4v) is 4.11. The van der Waals surface area contributed by atoms with Crippen LogP contribution in [0.25, 0.3) is 0 Å². The predicted molar refractivity (Wildman–Crippen MR) is 96.6 cm³/mol. The Balaban J connectivity index is 1.62. The van der Waals surface area contributed by atoms with E-state index >= 15 is 0 Å². The van der Waals surface area contributed by atoms with Crippen LogP contribution in [-0.2, 0) is 19.4 Å². The van der Waals surface area contributed by atoms with Gasteiger partial charge in [-0.25, -0.2) is 0 Å². The Hall–Kier alpha value is -2.14. The second-order valence-corrected chi connectivity index (χ2v) is 7.30. The SMILES string of the molecule is CN(C)C(=O)c1ccc(CNC(=O)c2csc3c2CCCC3)cc1. The van der Waals surface area contributed by atoms with Crippen LogP contribution in [0.15, 0.2) is 29.6 Å². The van der Waals surface area contributed by atoms with Gasteiger partial charge in [-0.05, 0) is 48.9 Å². The van der Waals surface area contributed by atoms with Gasteiger partial charge in [-0.2, -0.15) is 0 Å². The molecule has 4 nitrogen and oxygen atoms in total. The Morgan fingerprint density at radius 2 is 1.83 bits per heavy atom. The van der Waals surface area contributed by atoms with Crippen LogP contribution in [0.5, 0.6) is 0 Å². The lowest BCUT2D eigenvalue weighted by molar-refractivity contribution is 0.0827. The van der Waals surface area contributed by atoms with Crippen LogP contribution in [0, 0.1) is 0 Å². The van der Waals surface area contributed by atoms with Crippen molar-refractivity contribution in [1.82, 2.24) is 10.2 Å². The molecule has 1 heterocycles. The zero-order chi connectivity index (χ0) is 17.1. The van der Waals surface area contributed by atoms with Gasteiger partial charge in [0.1, 0.15) is 0 Å². The molecule has 24 heavy (non-hydrogen) atoms. The summed E-state index contributed by atoms with van der Waals surface area (Å²) in [7, 11) is 3.47. The Morgan fingerprint density at radius 1 is 1.12 bits per heavy atom. The molecule has 126 valence electrons. The van der Waals surface area contributed by atoms with Gasteiger partial charge in [0.05, 0.1) is 5.56 Å². The van der Waals surface area contributed by atoms with Crippen molar-refractivity contribution in [3.8, 4) is 0 Å². The average molecular weight is 342 g/mol. The molecule has 1 aliphatic rings. The van der Waals surface area contributed by atoms with Crippen molar-refractivity contribution >= 4 is 23.2 Å². The van der Waals surface area contributed by atoms with E-state index in [-0.39, 0.29) is 11.8 Å². The standard InChI is InChI=1S/C19H22N2O2S/c1-21(2)19(23)14-9-7-13(8-10-14)11-20-18(22)16-12-24-17-6-4-3-5-15(16)17/h7-10,12H,3-6,11H2,1-2H3,(H,20,22). The van der Waals surface area contributed by atoms with E-state index in [1.807, 2.05) is 17.5 Å². The largest absolute Gasteiger partial charge is 0.348 e. The molecule has 0 saturated heterocycles. The zero-order valence-corrected chi connectivity index (χ0v) is 14.9. The van der Waals surface area contributed by atoms with Crippen LogP contribution < -0.4 is 5.32 Å². The first kappa shape index (κ1) is 16.7. The Labute approximate surface area is 146 Å². The molecule has 1 aromatic carbocycles. The molecule has 0 saturated carbocycles. The van der Waals surface area contributed by atoms with Crippen LogP contribution in [0.1, 0.15) is 49.6 Å². The van der Waals surface area contributed by atoms with Crippen LogP contribution >= 0.6 is 11.3 Å². The topological polar surface area (TPSA) is 49.4 Å². The molecular formula is C19H22N2O2S. The number of hydrogen-bond acceptors (Lipinski definition) is 3. The van der Waals surface area contributed by atoms with Gasteiger partial charge in [0.15, 0.2) is 0 Å². The molecule has 0 atom stereocenters. The van der Waals surface area contributed by atoms with E-state index < -0.39 is 0 Å². The molecule has 5 heteroatoms. The third kappa shape index (κ3) is 3.51. The maximum atomic E-state index is 12.5. The lowest BCUT2D eigenvalue weighted by Gasteiger charge is -2.13. The van der Waals surface area contributed by atoms with Crippen molar-refractivity contribution in [2.24, 2.45) is 0 Å². The number of hydrogen-bond donors (Lipinski definition) is 1. The second-order valence-electron chi connectivity index (χ2n) is 6.34. The van der Waals surface area contributed by atoms with E-state index in [0.29, 0.717) is 12.1 Å². The third-order valence-electron chi connectivity index (χ3n) is 4.37. The summed E-state index contributed by atoms with van der Waals surface area (Å²) in [6.07, 6.45) is 4.52. The van der Waals surface area contributed by atoms with E-state index in [1.165, 1.54) is 23.3 Å². The number of nitrogens with one attached hydrogen (secondary N) is 1. The summed E-state index contributed by atoms with van der Waals surface area (Å²) >= 11 is 1.71. The van der Waals surface area contributed by atoms with Gasteiger partial charge in [0.2, 0.25) is 0 Å². The Bertz CT molecular complexity index is 747. The maximum absolute atomic E-state index is 12.5. The van der Waals surface area contributed by atoms with Gasteiger partial charge in [0, 0.05) is 36.5 Å². The number of fused-ring (bicyclic) bond motifs is 1. The van der Waals surface area contributed by atoms with Crippen LogP contribution in [0.4, 0.5) is 0 Å². The smallest absolute Gasteiger partial charge is 0.253 e. The minimum absolute atomic E-state index is 0.00263. The van der Waals surface area contributed by atoms with Crippen molar-refractivity contribution in [3.63, 3.8) is 0 Å². The van der Waals surface area contributed by atoms with Crippen molar-refractivity contribution in [2.75, 3.05) is 14.1 Å². The summed E-state index contributed by atoms with van der Waals surface area (Å²) < 4.78 is 0. The molecule has 1 aromatic heterocycles. The molecule has 0 bridgehead atoms. The highest BCUT2D eigenvalue weighted by molar-refractivity contribution is 7.10. The summed E-state index contributed by atoms with van der Waals surface area (Å²) in [6, 6.07) is 7.38. The first-order valence-corrected chi connectivity index (χ1v) is 9.12. The highest BCUT2D eigenvalue weighted by Crippen LogP contribution is 2.30. The average Bonchev–Trinajstić information content (AvgIpc) is 3.03. The summed E-state index contributed by atoms with van der Waals surface area (Å²) in [5, 5.41) is 4.99. The Morgan fingerprint density at radius 3 is 2.54 bits per heavy atom. The molecule has 0 unspecified atom stereocenters. The summed E-state index contributed by atoms with van der Waals surface area (Å²) in [5.41, 5.74) is 3.73. The molecule has 1 aliphatic carbocycles. The lowest BCUT2D eigenvalue weighted by Crippen LogP contribution is -2.24. The highest BCUT2D eigenvalue weighted by atomic mass is 32.1. The van der Waals surface area contributed by atoms with Crippen molar-refractivity contribution in [3.05, 3.63) is 56.8 Å². The van der Waals surface area contributed by atoms with Crippen molar-refractivity contribution in [1.29, 1.82) is 0 Å². The molecule has 0 radical (unpaired) electrons. The summed E-state index contributed by atoms with van der Waals surface area (Å²) in [5.74, 6) is -0.0154. The molecule has 0 fully saturated rings. The quantitative estimate of drug-likeness (QED) is 0.927. The van der Waals surface area contributed by atoms with Gasteiger partial charge in [-0.3, -0.25) is 9.59 Å². The number of aryl methyl sites for hydroxylation is 1. The first-order valence-electron chi connectivity index (χ1n) is 8.24. The minimum Gasteiger partial charge on any atom is -0.348 e. The number of nitrogens with zero attached hydrogens (tertiary/aromatic N) is 1. The number of carbonyl (C=O) groups excluding carboxylic acids is 2. The normalized spacial score (nSPS) is 13.2. The second kappa shape index (κ2) is 7.18. The van der Waals surface area contributed by atoms with Crippen molar-refractivity contribution in [2.45, 2.75) is 32.2 Å². The summed E-state index contributed by atoms with van der Waals surface area (Å²) in [4.78, 5) is 27.2. The number of amides is 2. The minimum atomic E-state index is -0.0181. The number of carbonyl (C=O) groups is 2. The maximum Gasteiger partial charge on any atom is 0.253 e. The van der Waals surface area contributed by atoms with Crippen molar-refractivity contribution < 1.29 is 9.59 Å². The predicted octanol–water partition coefficient (Wildman–Crippen LogP) is 3.26. The zero-order valence-electron chi connectivity index (χ0n) is 14.1. The van der Waals surface area contributed by atoms with E-state index in [1.54, 1.807) is 42.5 Å². The number of benzene rings is 1.